The van der Waals surface area contributed by atoms with E-state index in [1.54, 1.807) is 0 Å². The Morgan fingerprint density at radius 2 is 2.13 bits per heavy atom. The molecule has 1 aliphatic rings. The van der Waals surface area contributed by atoms with Gasteiger partial charge in [-0.05, 0) is 5.56 Å². The van der Waals surface area contributed by atoms with Gasteiger partial charge in [0.15, 0.2) is 0 Å². The van der Waals surface area contributed by atoms with Gasteiger partial charge in [0.1, 0.15) is 0 Å². The Bertz CT molecular complexity index is 492. The molecular weight excluding hydrogens is 320 g/mol. The number of morpholine rings is 1. The quantitative estimate of drug-likeness (QED) is 0.760. The van der Waals surface area contributed by atoms with Gasteiger partial charge in [-0.2, -0.15) is 0 Å². The van der Waals surface area contributed by atoms with Crippen molar-refractivity contribution in [3.05, 3.63) is 35.9 Å². The molecule has 0 radical (unpaired) electrons. The molecule has 2 N–H and O–H groups in total. The average molecular weight is 343 g/mol. The Balaban J connectivity index is 0.00000264. The number of nitrogens with one attached hydrogen (secondary N) is 2. The Labute approximate surface area is 142 Å². The van der Waals surface area contributed by atoms with E-state index in [0.29, 0.717) is 19.6 Å². The van der Waals surface area contributed by atoms with Crippen LogP contribution < -0.4 is 10.6 Å². The van der Waals surface area contributed by atoms with Crippen molar-refractivity contribution in [2.45, 2.75) is 24.9 Å². The fourth-order valence-corrected chi connectivity index (χ4v) is 2.42. The number of carbonyl (C=O) groups is 2. The van der Waals surface area contributed by atoms with Gasteiger partial charge < -0.3 is 20.1 Å². The van der Waals surface area contributed by atoms with Gasteiger partial charge in [-0.1, -0.05) is 30.3 Å². The molecule has 128 valence electrons. The first kappa shape index (κ1) is 19.4. The van der Waals surface area contributed by atoms with Crippen molar-refractivity contribution in [1.29, 1.82) is 0 Å². The molecule has 2 atom stereocenters. The molecule has 2 rings (SSSR count). The number of halogens is 1. The van der Waals surface area contributed by atoms with E-state index in [9.17, 15) is 9.59 Å². The molecule has 0 aliphatic carbocycles. The van der Waals surface area contributed by atoms with Crippen LogP contribution in [0, 0.1) is 0 Å². The van der Waals surface area contributed by atoms with Crippen molar-refractivity contribution in [3.63, 3.8) is 0 Å². The Kier molecular flexibility index (Phi) is 8.61. The summed E-state index contributed by atoms with van der Waals surface area (Å²) < 4.78 is 10.0. The smallest absolute Gasteiger partial charge is 0.307 e. The molecule has 23 heavy (non-hydrogen) atoms. The van der Waals surface area contributed by atoms with Crippen LogP contribution in [-0.4, -0.2) is 44.8 Å². The van der Waals surface area contributed by atoms with Gasteiger partial charge >= 0.3 is 5.97 Å². The van der Waals surface area contributed by atoms with Crippen molar-refractivity contribution in [2.75, 3.05) is 26.9 Å². The maximum Gasteiger partial charge on any atom is 0.307 e. The van der Waals surface area contributed by atoms with Crippen LogP contribution in [0.5, 0.6) is 0 Å². The summed E-state index contributed by atoms with van der Waals surface area (Å²) in [7, 11) is 1.34. The van der Waals surface area contributed by atoms with E-state index in [1.165, 1.54) is 7.11 Å². The molecule has 1 aromatic carbocycles. The first-order valence-corrected chi connectivity index (χ1v) is 7.41. The first-order valence-electron chi connectivity index (χ1n) is 7.41. The Hall–Kier alpha value is -1.63. The van der Waals surface area contributed by atoms with E-state index >= 15 is 0 Å². The van der Waals surface area contributed by atoms with Crippen LogP contribution in [0.3, 0.4) is 0 Å². The molecule has 0 aromatic heterocycles. The predicted octanol–water partition coefficient (Wildman–Crippen LogP) is 1.21. The maximum absolute atomic E-state index is 12.2. The monoisotopic (exact) mass is 342 g/mol. The highest BCUT2D eigenvalue weighted by Gasteiger charge is 2.22. The van der Waals surface area contributed by atoms with E-state index < -0.39 is 0 Å². The van der Waals surface area contributed by atoms with Crippen LogP contribution in [0.4, 0.5) is 0 Å². The first-order chi connectivity index (χ1) is 10.7. The van der Waals surface area contributed by atoms with Gasteiger partial charge in [0.05, 0.1) is 32.8 Å². The second-order valence-electron chi connectivity index (χ2n) is 5.24. The maximum atomic E-state index is 12.2. The molecule has 7 heteroatoms. The van der Waals surface area contributed by atoms with Crippen LogP contribution in [-0.2, 0) is 19.1 Å². The number of rotatable bonds is 6. The standard InChI is InChI=1S/C16H22N2O4.ClH/c1-21-16(20)10-14(12-5-3-2-4-6-12)18-15(19)9-13-11-22-8-7-17-13;/h2-6,13-14,17H,7-11H2,1H3,(H,18,19);1H. The third-order valence-corrected chi connectivity index (χ3v) is 3.57. The molecular formula is C16H23ClN2O4. The van der Waals surface area contributed by atoms with E-state index in [1.807, 2.05) is 30.3 Å². The highest BCUT2D eigenvalue weighted by atomic mass is 35.5. The van der Waals surface area contributed by atoms with E-state index in [2.05, 4.69) is 10.6 Å². The molecule has 1 aromatic rings. The average Bonchev–Trinajstić information content (AvgIpc) is 2.55. The number of benzene rings is 1. The van der Waals surface area contributed by atoms with Crippen molar-refractivity contribution in [3.8, 4) is 0 Å². The van der Waals surface area contributed by atoms with Gasteiger partial charge in [0, 0.05) is 19.0 Å². The second-order valence-corrected chi connectivity index (χ2v) is 5.24. The minimum Gasteiger partial charge on any atom is -0.469 e. The summed E-state index contributed by atoms with van der Waals surface area (Å²) >= 11 is 0. The number of hydrogen-bond acceptors (Lipinski definition) is 5. The zero-order chi connectivity index (χ0) is 15.8. The summed E-state index contributed by atoms with van der Waals surface area (Å²) in [6.45, 7) is 1.95. The molecule has 0 spiro atoms. The lowest BCUT2D eigenvalue weighted by Crippen LogP contribution is -2.44. The summed E-state index contributed by atoms with van der Waals surface area (Å²) in [5.74, 6) is -0.464. The normalized spacial score (nSPS) is 18.4. The minimum atomic E-state index is -0.384. The number of esters is 1. The van der Waals surface area contributed by atoms with E-state index in [-0.39, 0.29) is 42.8 Å². The number of carbonyl (C=O) groups excluding carboxylic acids is 2. The largest absolute Gasteiger partial charge is 0.469 e. The van der Waals surface area contributed by atoms with Crippen LogP contribution in [0.2, 0.25) is 0 Å². The fourth-order valence-electron chi connectivity index (χ4n) is 2.42. The Morgan fingerprint density at radius 3 is 2.74 bits per heavy atom. The van der Waals surface area contributed by atoms with Crippen molar-refractivity contribution >= 4 is 24.3 Å². The molecule has 1 fully saturated rings. The number of ether oxygens (including phenoxy) is 2. The number of amides is 1. The van der Waals surface area contributed by atoms with Gasteiger partial charge in [-0.3, -0.25) is 9.59 Å². The molecule has 1 saturated heterocycles. The van der Waals surface area contributed by atoms with Crippen LogP contribution >= 0.6 is 12.4 Å². The summed E-state index contributed by atoms with van der Waals surface area (Å²) in [5, 5.41) is 6.15. The lowest BCUT2D eigenvalue weighted by Gasteiger charge is -2.24. The highest BCUT2D eigenvalue weighted by Crippen LogP contribution is 2.17. The van der Waals surface area contributed by atoms with E-state index in [0.717, 1.165) is 12.1 Å². The van der Waals surface area contributed by atoms with Gasteiger partial charge in [0.25, 0.3) is 0 Å². The number of hydrogen-bond donors (Lipinski definition) is 2. The third-order valence-electron chi connectivity index (χ3n) is 3.57. The molecule has 1 aliphatic heterocycles. The Morgan fingerprint density at radius 1 is 1.39 bits per heavy atom. The molecule has 1 amide bonds. The topological polar surface area (TPSA) is 76.7 Å². The third kappa shape index (κ3) is 6.56. The van der Waals surface area contributed by atoms with Crippen LogP contribution in [0.25, 0.3) is 0 Å². The molecule has 6 nitrogen and oxygen atoms in total. The zero-order valence-electron chi connectivity index (χ0n) is 13.1. The molecule has 0 saturated carbocycles. The second kappa shape index (κ2) is 10.2. The minimum absolute atomic E-state index is 0. The van der Waals surface area contributed by atoms with Gasteiger partial charge in [-0.15, -0.1) is 12.4 Å². The lowest BCUT2D eigenvalue weighted by molar-refractivity contribution is -0.141. The predicted molar refractivity (Wildman–Crippen MR) is 88.4 cm³/mol. The SMILES string of the molecule is COC(=O)CC(NC(=O)CC1COCCN1)c1ccccc1.Cl. The lowest BCUT2D eigenvalue weighted by atomic mass is 10.0. The molecule has 0 bridgehead atoms. The van der Waals surface area contributed by atoms with E-state index in [4.69, 9.17) is 9.47 Å². The highest BCUT2D eigenvalue weighted by molar-refractivity contribution is 5.85. The summed E-state index contributed by atoms with van der Waals surface area (Å²) in [4.78, 5) is 23.8. The fraction of sp³-hybridized carbons (Fsp3) is 0.500. The van der Waals surface area contributed by atoms with Crippen molar-refractivity contribution in [2.24, 2.45) is 0 Å². The molecule has 1 heterocycles. The molecule has 2 unspecified atom stereocenters. The zero-order valence-corrected chi connectivity index (χ0v) is 13.9. The van der Waals surface area contributed by atoms with Crippen LogP contribution in [0.1, 0.15) is 24.4 Å². The van der Waals surface area contributed by atoms with Crippen LogP contribution in [0.15, 0.2) is 30.3 Å². The summed E-state index contributed by atoms with van der Waals surface area (Å²) in [5.41, 5.74) is 0.883. The van der Waals surface area contributed by atoms with Gasteiger partial charge in [-0.25, -0.2) is 0 Å². The summed E-state index contributed by atoms with van der Waals surface area (Å²) in [6.07, 6.45) is 0.436. The van der Waals surface area contributed by atoms with Crippen molar-refractivity contribution in [1.82, 2.24) is 10.6 Å². The van der Waals surface area contributed by atoms with Crippen molar-refractivity contribution < 1.29 is 19.1 Å². The number of methoxy groups -OCH3 is 1. The van der Waals surface area contributed by atoms with Gasteiger partial charge in [0.2, 0.25) is 5.91 Å². The summed E-state index contributed by atoms with van der Waals surface area (Å²) in [6, 6.07) is 9.05.